The Hall–Kier alpha value is -2.26. The van der Waals surface area contributed by atoms with Crippen molar-refractivity contribution in [3.05, 3.63) is 26.6 Å². The number of likely N-dealkylation sites (tertiary alicyclic amines) is 1. The van der Waals surface area contributed by atoms with Crippen molar-refractivity contribution in [1.29, 1.82) is 0 Å². The fraction of sp³-hybridized carbons (Fsp3) is 0.556. The second-order valence-corrected chi connectivity index (χ2v) is 7.54. The van der Waals surface area contributed by atoms with E-state index in [2.05, 4.69) is 14.9 Å². The van der Waals surface area contributed by atoms with Crippen molar-refractivity contribution >= 4 is 33.5 Å². The van der Waals surface area contributed by atoms with Crippen LogP contribution in [0.15, 0.2) is 4.79 Å². The van der Waals surface area contributed by atoms with Gasteiger partial charge < -0.3 is 14.5 Å². The Labute approximate surface area is 160 Å². The zero-order chi connectivity index (χ0) is 19.4. The largest absolute Gasteiger partial charge is 0.469 e. The molecule has 1 saturated heterocycles. The molecule has 1 aliphatic heterocycles. The fourth-order valence-corrected chi connectivity index (χ4v) is 4.46. The number of nitrogens with zero attached hydrogens (tertiary/aromatic N) is 2. The van der Waals surface area contributed by atoms with E-state index in [9.17, 15) is 14.4 Å². The summed E-state index contributed by atoms with van der Waals surface area (Å²) in [5, 5.41) is 0.255. The number of methoxy groups -OCH3 is 2. The van der Waals surface area contributed by atoms with E-state index in [4.69, 9.17) is 9.47 Å². The lowest BCUT2D eigenvalue weighted by Crippen LogP contribution is -2.26. The molecule has 8 nitrogen and oxygen atoms in total. The normalized spacial score (nSPS) is 15.5. The lowest BCUT2D eigenvalue weighted by molar-refractivity contribution is -0.139. The maximum atomic E-state index is 12.7. The maximum Gasteiger partial charge on any atom is 0.348 e. The highest BCUT2D eigenvalue weighted by molar-refractivity contribution is 7.20. The molecule has 0 amide bonds. The first-order chi connectivity index (χ1) is 13.0. The van der Waals surface area contributed by atoms with E-state index in [0.717, 1.165) is 37.3 Å². The number of carbonyl (C=O) groups is 2. The molecule has 0 atom stereocenters. The van der Waals surface area contributed by atoms with Gasteiger partial charge in [-0.25, -0.2) is 9.78 Å². The van der Waals surface area contributed by atoms with Crippen molar-refractivity contribution in [3.63, 3.8) is 0 Å². The SMILES string of the molecule is COC(=O)Cc1c(C(=O)OC)sc2nc(CN3CCCCCC3)[nH]c(=O)c12. The van der Waals surface area contributed by atoms with E-state index in [-0.39, 0.29) is 22.2 Å². The first-order valence-corrected chi connectivity index (χ1v) is 9.77. The van der Waals surface area contributed by atoms with Gasteiger partial charge >= 0.3 is 11.9 Å². The highest BCUT2D eigenvalue weighted by Crippen LogP contribution is 2.29. The van der Waals surface area contributed by atoms with Crippen LogP contribution in [0.3, 0.4) is 0 Å². The molecule has 0 bridgehead atoms. The highest BCUT2D eigenvalue weighted by Gasteiger charge is 2.25. The number of rotatable bonds is 5. The van der Waals surface area contributed by atoms with Crippen molar-refractivity contribution < 1.29 is 19.1 Å². The molecule has 1 N–H and O–H groups in total. The standard InChI is InChI=1S/C18H23N3O5S/c1-25-13(22)9-11-14-16(23)19-12(10-21-7-5-3-4-6-8-21)20-17(14)27-15(11)18(24)26-2/h3-10H2,1-2H3,(H,19,20,23). The second-order valence-electron chi connectivity index (χ2n) is 6.54. The van der Waals surface area contributed by atoms with Crippen LogP contribution in [-0.2, 0) is 27.2 Å². The quantitative estimate of drug-likeness (QED) is 0.774. The summed E-state index contributed by atoms with van der Waals surface area (Å²) >= 11 is 1.07. The molecule has 0 saturated carbocycles. The number of esters is 2. The van der Waals surface area contributed by atoms with Gasteiger partial charge in [-0.3, -0.25) is 14.5 Å². The topological polar surface area (TPSA) is 102 Å². The first-order valence-electron chi connectivity index (χ1n) is 8.95. The Morgan fingerprint density at radius 3 is 2.48 bits per heavy atom. The zero-order valence-corrected chi connectivity index (χ0v) is 16.3. The number of hydrogen-bond donors (Lipinski definition) is 1. The van der Waals surface area contributed by atoms with Crippen molar-refractivity contribution in [3.8, 4) is 0 Å². The van der Waals surface area contributed by atoms with Gasteiger partial charge in [0.1, 0.15) is 15.5 Å². The molecule has 2 aromatic heterocycles. The smallest absolute Gasteiger partial charge is 0.348 e. The van der Waals surface area contributed by atoms with Crippen molar-refractivity contribution in [2.24, 2.45) is 0 Å². The van der Waals surface area contributed by atoms with Crippen molar-refractivity contribution in [2.45, 2.75) is 38.6 Å². The van der Waals surface area contributed by atoms with Gasteiger partial charge in [-0.05, 0) is 25.9 Å². The van der Waals surface area contributed by atoms with Gasteiger partial charge in [0.05, 0.1) is 32.6 Å². The number of carbonyl (C=O) groups excluding carboxylic acids is 2. The summed E-state index contributed by atoms with van der Waals surface area (Å²) < 4.78 is 9.49. The van der Waals surface area contributed by atoms with Gasteiger partial charge in [0, 0.05) is 5.56 Å². The second kappa shape index (κ2) is 8.62. The molecular weight excluding hydrogens is 370 g/mol. The van der Waals surface area contributed by atoms with Gasteiger partial charge in [0.15, 0.2) is 0 Å². The maximum absolute atomic E-state index is 12.7. The zero-order valence-electron chi connectivity index (χ0n) is 15.5. The lowest BCUT2D eigenvalue weighted by atomic mass is 10.1. The van der Waals surface area contributed by atoms with Crippen LogP contribution in [0.25, 0.3) is 10.2 Å². The van der Waals surface area contributed by atoms with Crippen LogP contribution in [-0.4, -0.2) is 54.1 Å². The lowest BCUT2D eigenvalue weighted by Gasteiger charge is -2.18. The number of hydrogen-bond acceptors (Lipinski definition) is 8. The molecule has 27 heavy (non-hydrogen) atoms. The highest BCUT2D eigenvalue weighted by atomic mass is 32.1. The number of nitrogens with one attached hydrogen (secondary N) is 1. The molecule has 0 radical (unpaired) electrons. The molecule has 0 aliphatic carbocycles. The summed E-state index contributed by atoms with van der Waals surface area (Å²) in [6.07, 6.45) is 4.55. The monoisotopic (exact) mass is 393 g/mol. The number of H-pyrrole nitrogens is 1. The molecule has 0 unspecified atom stereocenters. The van der Waals surface area contributed by atoms with Crippen molar-refractivity contribution in [2.75, 3.05) is 27.3 Å². The van der Waals surface area contributed by atoms with E-state index in [1.54, 1.807) is 0 Å². The Morgan fingerprint density at radius 2 is 1.85 bits per heavy atom. The molecule has 1 fully saturated rings. The molecule has 1 aliphatic rings. The first kappa shape index (κ1) is 19.5. The van der Waals surface area contributed by atoms with Crippen LogP contribution in [0.1, 0.15) is 46.7 Å². The van der Waals surface area contributed by atoms with Gasteiger partial charge in [0.25, 0.3) is 5.56 Å². The Balaban J connectivity index is 2.00. The molecular formula is C18H23N3O5S. The van der Waals surface area contributed by atoms with E-state index in [0.29, 0.717) is 22.8 Å². The number of fused-ring (bicyclic) bond motifs is 1. The van der Waals surface area contributed by atoms with Crippen LogP contribution in [0.4, 0.5) is 0 Å². The third-order valence-corrected chi connectivity index (χ3v) is 5.81. The Bertz CT molecular complexity index is 896. The number of thiophene rings is 1. The molecule has 146 valence electrons. The fourth-order valence-electron chi connectivity index (χ4n) is 3.33. The van der Waals surface area contributed by atoms with Crippen LogP contribution < -0.4 is 5.56 Å². The van der Waals surface area contributed by atoms with Crippen LogP contribution in [0.5, 0.6) is 0 Å². The van der Waals surface area contributed by atoms with Gasteiger partial charge in [0.2, 0.25) is 0 Å². The third kappa shape index (κ3) is 4.36. The molecule has 0 spiro atoms. The van der Waals surface area contributed by atoms with Gasteiger partial charge in [-0.1, -0.05) is 12.8 Å². The van der Waals surface area contributed by atoms with Crippen LogP contribution in [0.2, 0.25) is 0 Å². The predicted octanol–water partition coefficient (Wildman–Crippen LogP) is 1.86. The molecule has 3 heterocycles. The van der Waals surface area contributed by atoms with E-state index < -0.39 is 11.9 Å². The van der Waals surface area contributed by atoms with Crippen LogP contribution >= 0.6 is 11.3 Å². The van der Waals surface area contributed by atoms with E-state index >= 15 is 0 Å². The average molecular weight is 393 g/mol. The molecule has 9 heteroatoms. The van der Waals surface area contributed by atoms with Crippen LogP contribution in [0, 0.1) is 0 Å². The van der Waals surface area contributed by atoms with E-state index in [1.807, 2.05) is 0 Å². The Morgan fingerprint density at radius 1 is 1.15 bits per heavy atom. The minimum atomic E-state index is -0.592. The summed E-state index contributed by atoms with van der Waals surface area (Å²) in [6.45, 7) is 2.52. The summed E-state index contributed by atoms with van der Waals surface area (Å²) in [6, 6.07) is 0. The van der Waals surface area contributed by atoms with Crippen molar-refractivity contribution in [1.82, 2.24) is 14.9 Å². The summed E-state index contributed by atoms with van der Waals surface area (Å²) in [4.78, 5) is 46.9. The average Bonchev–Trinajstić information content (AvgIpc) is 2.83. The minimum Gasteiger partial charge on any atom is -0.469 e. The Kier molecular flexibility index (Phi) is 6.22. The predicted molar refractivity (Wildman–Crippen MR) is 101 cm³/mol. The third-order valence-electron chi connectivity index (χ3n) is 4.70. The molecule has 3 rings (SSSR count). The summed E-state index contributed by atoms with van der Waals surface area (Å²) in [5.74, 6) is -0.560. The number of aromatic nitrogens is 2. The van der Waals surface area contributed by atoms with E-state index in [1.165, 1.54) is 27.1 Å². The number of aromatic amines is 1. The molecule has 2 aromatic rings. The summed E-state index contributed by atoms with van der Waals surface area (Å²) in [7, 11) is 2.52. The minimum absolute atomic E-state index is 0.183. The molecule has 0 aromatic carbocycles. The summed E-state index contributed by atoms with van der Waals surface area (Å²) in [5.41, 5.74) is -0.0427. The number of ether oxygens (including phenoxy) is 2. The van der Waals surface area contributed by atoms with Gasteiger partial charge in [-0.15, -0.1) is 11.3 Å². The van der Waals surface area contributed by atoms with Gasteiger partial charge in [-0.2, -0.15) is 0 Å².